The van der Waals surface area contributed by atoms with Crippen LogP contribution in [-0.4, -0.2) is 82.5 Å². The van der Waals surface area contributed by atoms with Gasteiger partial charge in [-0.25, -0.2) is 13.3 Å². The molecule has 0 aromatic carbocycles. The van der Waals surface area contributed by atoms with Crippen LogP contribution in [0.4, 0.5) is 8.78 Å². The largest absolute Gasteiger partial charge is 0.472 e. The summed E-state index contributed by atoms with van der Waals surface area (Å²) in [6, 6.07) is 0. The number of rotatable bonds is 13. The van der Waals surface area contributed by atoms with Crippen molar-refractivity contribution in [3.8, 4) is 0 Å². The Morgan fingerprint density at radius 3 is 2.28 bits per heavy atom. The fraction of sp³-hybridized carbons (Fsp3) is 0.929. The predicted molar refractivity (Wildman–Crippen MR) is 86.2 cm³/mol. The number of ether oxygens (including phenoxy) is 2. The Balaban J connectivity index is 4.08. The van der Waals surface area contributed by atoms with Crippen molar-refractivity contribution in [2.75, 3.05) is 60.8 Å². The van der Waals surface area contributed by atoms with Gasteiger partial charge in [-0.1, -0.05) is 0 Å². The second kappa shape index (κ2) is 10.5. The number of carbonyl (C=O) groups is 1. The maximum atomic E-state index is 12.7. The fourth-order valence-corrected chi connectivity index (χ4v) is 2.04. The second-order valence-corrected chi connectivity index (χ2v) is 8.50. The number of likely N-dealkylation sites (N-methyl/N-ethyl adjacent to an activating group) is 1. The Labute approximate surface area is 147 Å². The highest BCUT2D eigenvalue weighted by molar-refractivity contribution is 7.47. The highest BCUT2D eigenvalue weighted by Gasteiger charge is 2.31. The molecule has 0 aliphatic heterocycles. The normalized spacial score (nSPS) is 16.3. The molecule has 0 saturated heterocycles. The lowest BCUT2D eigenvalue weighted by atomic mass is 9.95. The average molecular weight is 392 g/mol. The molecule has 0 aliphatic carbocycles. The van der Waals surface area contributed by atoms with Gasteiger partial charge in [0.15, 0.2) is 0 Å². The Kier molecular flexibility index (Phi) is 10.2. The minimum Gasteiger partial charge on any atom is -0.463 e. The van der Waals surface area contributed by atoms with E-state index >= 15 is 0 Å². The maximum absolute atomic E-state index is 12.7. The predicted octanol–water partition coefficient (Wildman–Crippen LogP) is 1.68. The molecule has 1 N–H and O–H groups in total. The van der Waals surface area contributed by atoms with E-state index in [1.165, 1.54) is 13.8 Å². The van der Waals surface area contributed by atoms with Crippen molar-refractivity contribution in [2.24, 2.45) is 5.41 Å². The molecule has 0 fully saturated rings. The van der Waals surface area contributed by atoms with Crippen LogP contribution >= 0.6 is 7.82 Å². The summed E-state index contributed by atoms with van der Waals surface area (Å²) in [6.07, 6.45) is -2.10. The first-order chi connectivity index (χ1) is 11.3. The summed E-state index contributed by atoms with van der Waals surface area (Å²) in [5.74, 6) is -0.735. The van der Waals surface area contributed by atoms with Crippen molar-refractivity contribution in [3.05, 3.63) is 0 Å². The first kappa shape index (κ1) is 24.4. The lowest BCUT2D eigenvalue weighted by Crippen LogP contribution is -2.37. The molecule has 150 valence electrons. The van der Waals surface area contributed by atoms with E-state index in [0.717, 1.165) is 0 Å². The highest BCUT2D eigenvalue weighted by Crippen LogP contribution is 2.42. The molecule has 0 aromatic heterocycles. The maximum Gasteiger partial charge on any atom is 0.472 e. The topological polar surface area (TPSA) is 91.3 Å². The highest BCUT2D eigenvalue weighted by atomic mass is 31.2. The van der Waals surface area contributed by atoms with Gasteiger partial charge >= 0.3 is 13.8 Å². The average Bonchev–Trinajstić information content (AvgIpc) is 2.47. The standard InChI is InChI=1S/C14H28F2NO7P/c1-14(2,11-22-12(16)10-15)13(18)21-8-9-24-25(19,20)23-7-6-17(3,4)5/h12H,6-11H2,1-5H3/p+1. The third-order valence-corrected chi connectivity index (χ3v) is 3.90. The van der Waals surface area contributed by atoms with Gasteiger partial charge in [-0.3, -0.25) is 13.8 Å². The summed E-state index contributed by atoms with van der Waals surface area (Å²) >= 11 is 0. The van der Waals surface area contributed by atoms with Crippen LogP contribution in [0, 0.1) is 5.41 Å². The van der Waals surface area contributed by atoms with Crippen molar-refractivity contribution in [3.63, 3.8) is 0 Å². The molecule has 0 bridgehead atoms. The van der Waals surface area contributed by atoms with Gasteiger partial charge in [0.1, 0.15) is 26.4 Å². The molecular formula is C14H29F2NO7P+. The lowest BCUT2D eigenvalue weighted by molar-refractivity contribution is -0.870. The Morgan fingerprint density at radius 2 is 1.76 bits per heavy atom. The SMILES string of the molecule is CC(C)(COC(F)CF)C(=O)OCCOP(=O)(O)OCC[N+](C)(C)C. The number of hydrogen-bond acceptors (Lipinski definition) is 6. The van der Waals surface area contributed by atoms with Crippen molar-refractivity contribution in [1.29, 1.82) is 0 Å². The van der Waals surface area contributed by atoms with E-state index < -0.39 is 32.2 Å². The molecule has 0 saturated carbocycles. The molecule has 8 nitrogen and oxygen atoms in total. The minimum absolute atomic E-state index is 0.0282. The van der Waals surface area contributed by atoms with Crippen molar-refractivity contribution in [2.45, 2.75) is 20.2 Å². The molecule has 0 heterocycles. The smallest absolute Gasteiger partial charge is 0.463 e. The zero-order chi connectivity index (χ0) is 19.7. The van der Waals surface area contributed by atoms with Crippen LogP contribution in [0.5, 0.6) is 0 Å². The summed E-state index contributed by atoms with van der Waals surface area (Å²) in [4.78, 5) is 21.3. The third-order valence-electron chi connectivity index (χ3n) is 2.89. The number of phosphoric ester groups is 1. The quantitative estimate of drug-likeness (QED) is 0.221. The summed E-state index contributed by atoms with van der Waals surface area (Å²) in [7, 11) is 1.47. The van der Waals surface area contributed by atoms with E-state index in [2.05, 4.69) is 9.26 Å². The summed E-state index contributed by atoms with van der Waals surface area (Å²) < 4.78 is 55.7. The van der Waals surface area contributed by atoms with Gasteiger partial charge in [0, 0.05) is 0 Å². The van der Waals surface area contributed by atoms with E-state index in [0.29, 0.717) is 11.0 Å². The zero-order valence-electron chi connectivity index (χ0n) is 15.4. The van der Waals surface area contributed by atoms with E-state index in [1.807, 2.05) is 21.1 Å². The molecule has 11 heteroatoms. The van der Waals surface area contributed by atoms with Crippen molar-refractivity contribution < 1.29 is 46.0 Å². The van der Waals surface area contributed by atoms with Crippen LogP contribution in [-0.2, 0) is 27.9 Å². The molecule has 0 aromatic rings. The molecule has 0 radical (unpaired) electrons. The van der Waals surface area contributed by atoms with Gasteiger partial charge < -0.3 is 18.9 Å². The molecular weight excluding hydrogens is 363 g/mol. The van der Waals surface area contributed by atoms with Crippen LogP contribution in [0.3, 0.4) is 0 Å². The first-order valence-electron chi connectivity index (χ1n) is 7.70. The van der Waals surface area contributed by atoms with Crippen LogP contribution in [0.1, 0.15) is 13.8 Å². The van der Waals surface area contributed by atoms with Gasteiger partial charge in [0.05, 0.1) is 39.8 Å². The van der Waals surface area contributed by atoms with Gasteiger partial charge in [0.2, 0.25) is 6.36 Å². The summed E-state index contributed by atoms with van der Waals surface area (Å²) in [6.45, 7) is 1.08. The van der Waals surface area contributed by atoms with Gasteiger partial charge in [0.25, 0.3) is 0 Å². The van der Waals surface area contributed by atoms with Gasteiger partial charge in [-0.2, -0.15) is 0 Å². The zero-order valence-corrected chi connectivity index (χ0v) is 16.3. The number of phosphoric acid groups is 1. The number of carbonyl (C=O) groups excluding carboxylic acids is 1. The summed E-state index contributed by atoms with van der Waals surface area (Å²) in [5.41, 5.74) is -1.20. The van der Waals surface area contributed by atoms with Crippen LogP contribution in [0.2, 0.25) is 0 Å². The molecule has 2 atom stereocenters. The second-order valence-electron chi connectivity index (χ2n) is 7.04. The fourth-order valence-electron chi connectivity index (χ4n) is 1.35. The van der Waals surface area contributed by atoms with Crippen molar-refractivity contribution in [1.82, 2.24) is 0 Å². The van der Waals surface area contributed by atoms with E-state index in [4.69, 9.17) is 9.26 Å². The number of alkyl halides is 2. The number of halogens is 2. The van der Waals surface area contributed by atoms with Crippen LogP contribution < -0.4 is 0 Å². The van der Waals surface area contributed by atoms with Crippen molar-refractivity contribution >= 4 is 13.8 Å². The summed E-state index contributed by atoms with van der Waals surface area (Å²) in [5, 5.41) is 0. The minimum atomic E-state index is -4.23. The van der Waals surface area contributed by atoms with Crippen LogP contribution in [0.15, 0.2) is 0 Å². The van der Waals surface area contributed by atoms with Gasteiger partial charge in [-0.05, 0) is 13.8 Å². The number of nitrogens with zero attached hydrogens (tertiary/aromatic N) is 1. The van der Waals surface area contributed by atoms with E-state index in [1.54, 1.807) is 0 Å². The number of esters is 1. The Bertz CT molecular complexity index is 457. The number of quaternary nitrogens is 1. The Morgan fingerprint density at radius 1 is 1.20 bits per heavy atom. The molecule has 0 aliphatic rings. The molecule has 0 rings (SSSR count). The Hall–Kier alpha value is -0.640. The monoisotopic (exact) mass is 392 g/mol. The third kappa shape index (κ3) is 12.4. The first-order valence-corrected chi connectivity index (χ1v) is 9.20. The molecule has 0 spiro atoms. The molecule has 2 unspecified atom stereocenters. The number of hydrogen-bond donors (Lipinski definition) is 1. The van der Waals surface area contributed by atoms with Crippen LogP contribution in [0.25, 0.3) is 0 Å². The molecule has 25 heavy (non-hydrogen) atoms. The van der Waals surface area contributed by atoms with E-state index in [-0.39, 0.29) is 26.4 Å². The molecule has 0 amide bonds. The van der Waals surface area contributed by atoms with E-state index in [9.17, 15) is 23.0 Å². The lowest BCUT2D eigenvalue weighted by Gasteiger charge is -2.24. The van der Waals surface area contributed by atoms with Gasteiger partial charge in [-0.15, -0.1) is 0 Å².